The molecule has 0 amide bonds. The molecule has 2 rings (SSSR count). The summed E-state index contributed by atoms with van der Waals surface area (Å²) in [7, 11) is 1.64. The van der Waals surface area contributed by atoms with E-state index in [-0.39, 0.29) is 0 Å². The highest BCUT2D eigenvalue weighted by Crippen LogP contribution is 2.36. The summed E-state index contributed by atoms with van der Waals surface area (Å²) in [6, 6.07) is 13.5. The Hall–Kier alpha value is -1.56. The maximum absolute atomic E-state index is 10.2. The monoisotopic (exact) mass is 393 g/mol. The topological polar surface area (TPSA) is 50.7 Å². The van der Waals surface area contributed by atoms with E-state index >= 15 is 0 Å². The van der Waals surface area contributed by atoms with Crippen molar-refractivity contribution >= 4 is 15.9 Å². The van der Waals surface area contributed by atoms with Gasteiger partial charge in [0.2, 0.25) is 0 Å². The van der Waals surface area contributed by atoms with E-state index in [1.807, 2.05) is 42.5 Å². The third kappa shape index (κ3) is 4.97. The molecule has 130 valence electrons. The Morgan fingerprint density at radius 2 is 1.92 bits per heavy atom. The maximum atomic E-state index is 10.2. The average molecular weight is 394 g/mol. The summed E-state index contributed by atoms with van der Waals surface area (Å²) < 4.78 is 12.2. The van der Waals surface area contributed by atoms with Gasteiger partial charge in [-0.2, -0.15) is 0 Å². The maximum Gasteiger partial charge on any atom is 0.166 e. The second kappa shape index (κ2) is 9.67. The first-order valence-electron chi connectivity index (χ1n) is 8.09. The number of methoxy groups -OCH3 is 1. The van der Waals surface area contributed by atoms with Gasteiger partial charge in [0.15, 0.2) is 11.5 Å². The predicted molar refractivity (Wildman–Crippen MR) is 99.6 cm³/mol. The number of halogens is 1. The number of hydrogen-bond acceptors (Lipinski definition) is 4. The zero-order chi connectivity index (χ0) is 17.4. The number of ether oxygens (including phenoxy) is 2. The predicted octanol–water partition coefficient (Wildman–Crippen LogP) is 4.07. The van der Waals surface area contributed by atoms with Crippen molar-refractivity contribution in [2.75, 3.05) is 20.3 Å². The van der Waals surface area contributed by atoms with Crippen LogP contribution in [0.4, 0.5) is 0 Å². The van der Waals surface area contributed by atoms with E-state index in [2.05, 4.69) is 28.2 Å². The number of benzene rings is 2. The van der Waals surface area contributed by atoms with Crippen molar-refractivity contribution in [1.82, 2.24) is 5.32 Å². The van der Waals surface area contributed by atoms with E-state index in [4.69, 9.17) is 9.47 Å². The zero-order valence-electron chi connectivity index (χ0n) is 14.1. The van der Waals surface area contributed by atoms with Gasteiger partial charge in [-0.25, -0.2) is 0 Å². The lowest BCUT2D eigenvalue weighted by molar-refractivity contribution is 0.174. The number of rotatable bonds is 9. The first kappa shape index (κ1) is 18.8. The SMILES string of the molecule is CCCOc1c(OC)ccc(Br)c1CNCC(O)c1ccccc1. The molecule has 2 aromatic rings. The minimum absolute atomic E-state index is 0.459. The smallest absolute Gasteiger partial charge is 0.166 e. The third-order valence-corrected chi connectivity index (χ3v) is 4.40. The molecule has 0 bridgehead atoms. The van der Waals surface area contributed by atoms with Gasteiger partial charge in [-0.05, 0) is 24.1 Å². The molecule has 2 N–H and O–H groups in total. The van der Waals surface area contributed by atoms with Gasteiger partial charge in [0, 0.05) is 23.1 Å². The summed E-state index contributed by atoms with van der Waals surface area (Å²) in [6.45, 7) is 3.73. The van der Waals surface area contributed by atoms with Crippen LogP contribution in [0.15, 0.2) is 46.9 Å². The molecule has 24 heavy (non-hydrogen) atoms. The summed E-state index contributed by atoms with van der Waals surface area (Å²) in [5.74, 6) is 1.46. The minimum Gasteiger partial charge on any atom is -0.493 e. The van der Waals surface area contributed by atoms with Gasteiger partial charge >= 0.3 is 0 Å². The van der Waals surface area contributed by atoms with Gasteiger partial charge in [0.25, 0.3) is 0 Å². The average Bonchev–Trinajstić information content (AvgIpc) is 2.62. The summed E-state index contributed by atoms with van der Waals surface area (Å²) >= 11 is 3.58. The Morgan fingerprint density at radius 1 is 1.17 bits per heavy atom. The second-order valence-electron chi connectivity index (χ2n) is 5.46. The summed E-state index contributed by atoms with van der Waals surface area (Å²) in [4.78, 5) is 0. The molecule has 5 heteroatoms. The Kier molecular flexibility index (Phi) is 7.56. The van der Waals surface area contributed by atoms with E-state index in [1.165, 1.54) is 0 Å². The third-order valence-electron chi connectivity index (χ3n) is 3.66. The van der Waals surface area contributed by atoms with Crippen molar-refractivity contribution in [1.29, 1.82) is 0 Å². The Labute approximate surface area is 151 Å². The van der Waals surface area contributed by atoms with Gasteiger partial charge in [0.1, 0.15) is 0 Å². The minimum atomic E-state index is -0.546. The number of hydrogen-bond donors (Lipinski definition) is 2. The van der Waals surface area contributed by atoms with Gasteiger partial charge in [-0.1, -0.05) is 53.2 Å². The molecule has 2 aromatic carbocycles. The molecule has 4 nitrogen and oxygen atoms in total. The van der Waals surface area contributed by atoms with E-state index in [0.29, 0.717) is 25.4 Å². The number of nitrogens with one attached hydrogen (secondary N) is 1. The molecule has 1 atom stereocenters. The fraction of sp³-hybridized carbons (Fsp3) is 0.368. The first-order valence-corrected chi connectivity index (χ1v) is 8.88. The van der Waals surface area contributed by atoms with Crippen molar-refractivity contribution in [2.45, 2.75) is 26.0 Å². The van der Waals surface area contributed by atoms with Crippen LogP contribution in [0.1, 0.15) is 30.6 Å². The van der Waals surface area contributed by atoms with Gasteiger partial charge in [-0.15, -0.1) is 0 Å². The fourth-order valence-corrected chi connectivity index (χ4v) is 2.85. The second-order valence-corrected chi connectivity index (χ2v) is 6.32. The Morgan fingerprint density at radius 3 is 2.58 bits per heavy atom. The molecule has 0 aliphatic carbocycles. The van der Waals surface area contributed by atoms with Gasteiger partial charge < -0.3 is 19.9 Å². The summed E-state index contributed by atoms with van der Waals surface area (Å²) in [5.41, 5.74) is 1.89. The van der Waals surface area contributed by atoms with E-state index in [0.717, 1.165) is 27.8 Å². The van der Waals surface area contributed by atoms with E-state index in [9.17, 15) is 5.11 Å². The zero-order valence-corrected chi connectivity index (χ0v) is 15.7. The van der Waals surface area contributed by atoms with E-state index in [1.54, 1.807) is 7.11 Å². The lowest BCUT2D eigenvalue weighted by Gasteiger charge is -2.18. The Balaban J connectivity index is 2.05. The molecule has 0 radical (unpaired) electrons. The summed E-state index contributed by atoms with van der Waals surface area (Å²) in [5, 5.41) is 13.5. The van der Waals surface area contributed by atoms with Crippen molar-refractivity contribution < 1.29 is 14.6 Å². The van der Waals surface area contributed by atoms with Crippen LogP contribution in [-0.4, -0.2) is 25.4 Å². The molecule has 0 aliphatic rings. The molecular formula is C19H24BrNO3. The van der Waals surface area contributed by atoms with Crippen LogP contribution in [0.3, 0.4) is 0 Å². The molecule has 0 spiro atoms. The van der Waals surface area contributed by atoms with Gasteiger partial charge in [-0.3, -0.25) is 0 Å². The largest absolute Gasteiger partial charge is 0.493 e. The highest BCUT2D eigenvalue weighted by Gasteiger charge is 2.15. The van der Waals surface area contributed by atoms with Crippen molar-refractivity contribution in [3.05, 3.63) is 58.1 Å². The highest BCUT2D eigenvalue weighted by molar-refractivity contribution is 9.10. The molecule has 0 saturated carbocycles. The van der Waals surface area contributed by atoms with Crippen molar-refractivity contribution in [3.63, 3.8) is 0 Å². The molecule has 0 aromatic heterocycles. The number of aliphatic hydroxyl groups is 1. The van der Waals surface area contributed by atoms with Crippen LogP contribution in [0.2, 0.25) is 0 Å². The van der Waals surface area contributed by atoms with Crippen LogP contribution >= 0.6 is 15.9 Å². The molecule has 0 aliphatic heterocycles. The highest BCUT2D eigenvalue weighted by atomic mass is 79.9. The first-order chi connectivity index (χ1) is 11.7. The van der Waals surface area contributed by atoms with Crippen LogP contribution in [0.5, 0.6) is 11.5 Å². The van der Waals surface area contributed by atoms with E-state index < -0.39 is 6.10 Å². The standard InChI is InChI=1S/C19H24BrNO3/c1-3-11-24-19-15(16(20)9-10-18(19)23-2)12-21-13-17(22)14-7-5-4-6-8-14/h4-10,17,21-22H,3,11-13H2,1-2H3. The van der Waals surface area contributed by atoms with Crippen molar-refractivity contribution in [2.24, 2.45) is 0 Å². The number of aliphatic hydroxyl groups excluding tert-OH is 1. The molecule has 0 heterocycles. The normalized spacial score (nSPS) is 12.0. The lowest BCUT2D eigenvalue weighted by Crippen LogP contribution is -2.21. The molecular weight excluding hydrogens is 370 g/mol. The van der Waals surface area contributed by atoms with Gasteiger partial charge in [0.05, 0.1) is 19.8 Å². The van der Waals surface area contributed by atoms with Crippen LogP contribution in [0.25, 0.3) is 0 Å². The lowest BCUT2D eigenvalue weighted by atomic mass is 10.1. The van der Waals surface area contributed by atoms with Crippen LogP contribution in [-0.2, 0) is 6.54 Å². The Bertz CT molecular complexity index is 634. The quantitative estimate of drug-likeness (QED) is 0.673. The van der Waals surface area contributed by atoms with Crippen molar-refractivity contribution in [3.8, 4) is 11.5 Å². The summed E-state index contributed by atoms with van der Waals surface area (Å²) in [6.07, 6.45) is 0.380. The van der Waals surface area contributed by atoms with Crippen LogP contribution < -0.4 is 14.8 Å². The fourth-order valence-electron chi connectivity index (χ4n) is 2.40. The van der Waals surface area contributed by atoms with Crippen LogP contribution in [0, 0.1) is 0 Å². The molecule has 1 unspecified atom stereocenters. The molecule has 0 fully saturated rings. The molecule has 0 saturated heterocycles.